The first-order valence-electron chi connectivity index (χ1n) is 4.85. The number of aliphatic hydroxyl groups is 1. The van der Waals surface area contributed by atoms with Crippen molar-refractivity contribution in [2.24, 2.45) is 0 Å². The minimum absolute atomic E-state index is 0.109. The van der Waals surface area contributed by atoms with Crippen molar-refractivity contribution in [1.82, 2.24) is 4.90 Å². The Morgan fingerprint density at radius 2 is 2.00 bits per heavy atom. The summed E-state index contributed by atoms with van der Waals surface area (Å²) in [6.45, 7) is 2.24. The third-order valence-corrected chi connectivity index (χ3v) is 2.65. The molecule has 2 rings (SSSR count). The normalized spacial score (nSPS) is 16.4. The van der Waals surface area contributed by atoms with Gasteiger partial charge in [-0.2, -0.15) is 0 Å². The Hall–Kier alpha value is -1.77. The van der Waals surface area contributed by atoms with Gasteiger partial charge in [0.2, 0.25) is 0 Å². The molecule has 0 aromatic heterocycles. The second-order valence-electron chi connectivity index (χ2n) is 3.80. The Morgan fingerprint density at radius 3 is 2.53 bits per heavy atom. The van der Waals surface area contributed by atoms with E-state index in [1.165, 1.54) is 4.90 Å². The van der Waals surface area contributed by atoms with Crippen LogP contribution in [0.25, 0.3) is 5.57 Å². The highest BCUT2D eigenvalue weighted by Gasteiger charge is 2.29. The molecule has 1 aromatic rings. The Balaban J connectivity index is 2.53. The summed E-state index contributed by atoms with van der Waals surface area (Å²) in [5.74, 6) is 0.0543. The number of hydrogen-bond acceptors (Lipinski definition) is 2. The van der Waals surface area contributed by atoms with E-state index in [2.05, 4.69) is 0 Å². The number of likely N-dealkylation sites (N-methyl/N-ethyl adjacent to an activating group) is 1. The zero-order valence-corrected chi connectivity index (χ0v) is 8.82. The van der Waals surface area contributed by atoms with Crippen LogP contribution in [-0.2, 0) is 4.79 Å². The van der Waals surface area contributed by atoms with E-state index in [0.717, 1.165) is 11.1 Å². The van der Waals surface area contributed by atoms with E-state index in [4.69, 9.17) is 0 Å². The molecule has 78 valence electrons. The first kappa shape index (κ1) is 9.77. The van der Waals surface area contributed by atoms with E-state index in [1.807, 2.05) is 31.2 Å². The summed E-state index contributed by atoms with van der Waals surface area (Å²) in [6, 6.07) is 7.58. The van der Waals surface area contributed by atoms with E-state index in [0.29, 0.717) is 12.1 Å². The van der Waals surface area contributed by atoms with Crippen LogP contribution in [0.4, 0.5) is 0 Å². The lowest BCUT2D eigenvalue weighted by Crippen LogP contribution is -2.21. The molecule has 0 bridgehead atoms. The monoisotopic (exact) mass is 203 g/mol. The molecule has 0 unspecified atom stereocenters. The third kappa shape index (κ3) is 1.50. The molecule has 0 radical (unpaired) electrons. The van der Waals surface area contributed by atoms with E-state index in [-0.39, 0.29) is 11.7 Å². The maximum Gasteiger partial charge on any atom is 0.258 e. The number of amides is 1. The van der Waals surface area contributed by atoms with Gasteiger partial charge in [-0.25, -0.2) is 0 Å². The average molecular weight is 203 g/mol. The lowest BCUT2D eigenvalue weighted by Gasteiger charge is -2.08. The van der Waals surface area contributed by atoms with Crippen LogP contribution in [0.5, 0.6) is 0 Å². The molecule has 1 aliphatic heterocycles. The fraction of sp³-hybridized carbons (Fsp3) is 0.250. The Morgan fingerprint density at radius 1 is 1.33 bits per heavy atom. The Labute approximate surface area is 88.6 Å². The highest BCUT2D eigenvalue weighted by Crippen LogP contribution is 2.27. The van der Waals surface area contributed by atoms with Crippen LogP contribution < -0.4 is 0 Å². The number of nitrogens with zero attached hydrogens (tertiary/aromatic N) is 1. The standard InChI is InChI=1S/C12H13NO2/c1-8-5-3-4-6-9(8)11-10(14)7-13(2)12(11)15/h3-6,14H,7H2,1-2H3. The van der Waals surface area contributed by atoms with Crippen LogP contribution in [0.15, 0.2) is 30.0 Å². The summed E-state index contributed by atoms with van der Waals surface area (Å²) in [5.41, 5.74) is 2.27. The van der Waals surface area contributed by atoms with Gasteiger partial charge in [-0.3, -0.25) is 4.79 Å². The summed E-state index contributed by atoms with van der Waals surface area (Å²) in [6.07, 6.45) is 0. The maximum absolute atomic E-state index is 11.8. The first-order chi connectivity index (χ1) is 7.11. The molecule has 0 atom stereocenters. The van der Waals surface area contributed by atoms with E-state index < -0.39 is 0 Å². The summed E-state index contributed by atoms with van der Waals surface area (Å²) in [4.78, 5) is 13.3. The van der Waals surface area contributed by atoms with Crippen LogP contribution in [0.2, 0.25) is 0 Å². The van der Waals surface area contributed by atoms with Crippen LogP contribution in [0.3, 0.4) is 0 Å². The molecule has 0 saturated carbocycles. The lowest BCUT2D eigenvalue weighted by atomic mass is 10.0. The minimum Gasteiger partial charge on any atom is -0.510 e. The molecule has 1 aromatic carbocycles. The number of carbonyl (C=O) groups is 1. The molecular weight excluding hydrogens is 190 g/mol. The summed E-state index contributed by atoms with van der Waals surface area (Å²) in [5, 5.41) is 9.72. The Bertz CT molecular complexity index is 449. The van der Waals surface area contributed by atoms with Crippen molar-refractivity contribution in [1.29, 1.82) is 0 Å². The largest absolute Gasteiger partial charge is 0.510 e. The van der Waals surface area contributed by atoms with Gasteiger partial charge in [0, 0.05) is 7.05 Å². The molecule has 1 amide bonds. The van der Waals surface area contributed by atoms with Gasteiger partial charge in [0.25, 0.3) is 5.91 Å². The molecular formula is C12H13NO2. The maximum atomic E-state index is 11.8. The zero-order valence-electron chi connectivity index (χ0n) is 8.82. The number of hydrogen-bond donors (Lipinski definition) is 1. The molecule has 1 N–H and O–H groups in total. The van der Waals surface area contributed by atoms with E-state index in [9.17, 15) is 9.90 Å². The van der Waals surface area contributed by atoms with Gasteiger partial charge in [0.05, 0.1) is 12.1 Å². The first-order valence-corrected chi connectivity index (χ1v) is 4.85. The predicted octanol–water partition coefficient (Wildman–Crippen LogP) is 1.74. The molecule has 3 nitrogen and oxygen atoms in total. The highest BCUT2D eigenvalue weighted by molar-refractivity contribution is 6.22. The van der Waals surface area contributed by atoms with E-state index in [1.54, 1.807) is 7.05 Å². The van der Waals surface area contributed by atoms with Crippen LogP contribution in [0, 0.1) is 6.92 Å². The van der Waals surface area contributed by atoms with Gasteiger partial charge < -0.3 is 10.0 Å². The number of carbonyl (C=O) groups excluding carboxylic acids is 1. The zero-order chi connectivity index (χ0) is 11.0. The fourth-order valence-corrected chi connectivity index (χ4v) is 1.81. The van der Waals surface area contributed by atoms with Crippen molar-refractivity contribution >= 4 is 11.5 Å². The molecule has 0 fully saturated rings. The third-order valence-electron chi connectivity index (χ3n) is 2.65. The van der Waals surface area contributed by atoms with Crippen molar-refractivity contribution < 1.29 is 9.90 Å². The van der Waals surface area contributed by atoms with Crippen molar-refractivity contribution in [2.45, 2.75) is 6.92 Å². The fourth-order valence-electron chi connectivity index (χ4n) is 1.81. The second kappa shape index (κ2) is 3.42. The summed E-state index contributed by atoms with van der Waals surface area (Å²) < 4.78 is 0. The van der Waals surface area contributed by atoms with Gasteiger partial charge in [0.15, 0.2) is 0 Å². The van der Waals surface area contributed by atoms with Crippen molar-refractivity contribution in [2.75, 3.05) is 13.6 Å². The molecule has 0 spiro atoms. The minimum atomic E-state index is -0.109. The van der Waals surface area contributed by atoms with E-state index >= 15 is 0 Å². The molecule has 0 saturated heterocycles. The van der Waals surface area contributed by atoms with Crippen molar-refractivity contribution in [3.8, 4) is 0 Å². The van der Waals surface area contributed by atoms with Crippen molar-refractivity contribution in [3.05, 3.63) is 41.2 Å². The number of aryl methyl sites for hydroxylation is 1. The Kier molecular flexibility index (Phi) is 2.23. The molecule has 0 aliphatic carbocycles. The highest BCUT2D eigenvalue weighted by atomic mass is 16.3. The lowest BCUT2D eigenvalue weighted by molar-refractivity contribution is -0.122. The predicted molar refractivity (Wildman–Crippen MR) is 58.4 cm³/mol. The smallest absolute Gasteiger partial charge is 0.258 e. The van der Waals surface area contributed by atoms with Crippen LogP contribution in [-0.4, -0.2) is 29.5 Å². The number of benzene rings is 1. The molecule has 3 heteroatoms. The average Bonchev–Trinajstić information content (AvgIpc) is 2.43. The number of aliphatic hydroxyl groups excluding tert-OH is 1. The summed E-state index contributed by atoms with van der Waals surface area (Å²) >= 11 is 0. The second-order valence-corrected chi connectivity index (χ2v) is 3.80. The van der Waals surface area contributed by atoms with Crippen LogP contribution in [0.1, 0.15) is 11.1 Å². The van der Waals surface area contributed by atoms with Crippen LogP contribution >= 0.6 is 0 Å². The summed E-state index contributed by atoms with van der Waals surface area (Å²) in [7, 11) is 1.68. The topological polar surface area (TPSA) is 40.5 Å². The van der Waals surface area contributed by atoms with Gasteiger partial charge >= 0.3 is 0 Å². The molecule has 15 heavy (non-hydrogen) atoms. The van der Waals surface area contributed by atoms with Gasteiger partial charge in [-0.15, -0.1) is 0 Å². The van der Waals surface area contributed by atoms with Crippen molar-refractivity contribution in [3.63, 3.8) is 0 Å². The van der Waals surface area contributed by atoms with Gasteiger partial charge in [0.1, 0.15) is 5.76 Å². The quantitative estimate of drug-likeness (QED) is 0.755. The van der Waals surface area contributed by atoms with Gasteiger partial charge in [-0.1, -0.05) is 24.3 Å². The molecule has 1 heterocycles. The van der Waals surface area contributed by atoms with Gasteiger partial charge in [-0.05, 0) is 18.1 Å². The SMILES string of the molecule is Cc1ccccc1C1=C(O)CN(C)C1=O. The number of rotatable bonds is 1. The molecule has 1 aliphatic rings.